The first-order valence-electron chi connectivity index (χ1n) is 6.11. The first kappa shape index (κ1) is 13.9. The van der Waals surface area contributed by atoms with Gasteiger partial charge in [-0.15, -0.1) is 0 Å². The normalized spacial score (nSPS) is 27.6. The number of rotatable bonds is 4. The Bertz CT molecular complexity index is 315. The molecule has 0 bridgehead atoms. The molecule has 0 aromatic heterocycles. The lowest BCUT2D eigenvalue weighted by atomic mass is 9.96. The van der Waals surface area contributed by atoms with Crippen LogP contribution >= 0.6 is 0 Å². The van der Waals surface area contributed by atoms with Crippen molar-refractivity contribution in [1.29, 1.82) is 5.26 Å². The molecular formula is C12H20FN3O. The van der Waals surface area contributed by atoms with E-state index in [1.807, 2.05) is 19.9 Å². The van der Waals surface area contributed by atoms with Gasteiger partial charge < -0.3 is 10.6 Å². The second-order valence-electron chi connectivity index (χ2n) is 4.76. The SMILES string of the molecule is CCC[C@H](C)[C@H](N)C(=O)N1C[C@@H](F)C[C@H]1C#N. The number of halogens is 1. The maximum atomic E-state index is 13.2. The molecule has 1 aliphatic rings. The summed E-state index contributed by atoms with van der Waals surface area (Å²) in [6.45, 7) is 3.94. The van der Waals surface area contributed by atoms with Crippen molar-refractivity contribution < 1.29 is 9.18 Å². The minimum Gasteiger partial charge on any atom is -0.322 e. The van der Waals surface area contributed by atoms with E-state index in [2.05, 4.69) is 0 Å². The quantitative estimate of drug-likeness (QED) is 0.804. The van der Waals surface area contributed by atoms with Crippen molar-refractivity contribution in [3.05, 3.63) is 0 Å². The molecule has 0 unspecified atom stereocenters. The fraction of sp³-hybridized carbons (Fsp3) is 0.833. The summed E-state index contributed by atoms with van der Waals surface area (Å²) in [5, 5.41) is 8.88. The van der Waals surface area contributed by atoms with Crippen LogP contribution in [0.4, 0.5) is 4.39 Å². The highest BCUT2D eigenvalue weighted by Gasteiger charge is 2.38. The van der Waals surface area contributed by atoms with Gasteiger partial charge in [0.15, 0.2) is 0 Å². The average molecular weight is 241 g/mol. The van der Waals surface area contributed by atoms with Gasteiger partial charge >= 0.3 is 0 Å². The summed E-state index contributed by atoms with van der Waals surface area (Å²) in [6, 6.07) is 0.677. The molecule has 1 heterocycles. The lowest BCUT2D eigenvalue weighted by Gasteiger charge is -2.26. The molecule has 1 aliphatic heterocycles. The van der Waals surface area contributed by atoms with Gasteiger partial charge in [-0.3, -0.25) is 4.79 Å². The maximum absolute atomic E-state index is 13.2. The van der Waals surface area contributed by atoms with E-state index in [0.29, 0.717) is 0 Å². The first-order chi connectivity index (χ1) is 8.01. The Kier molecular flexibility index (Phi) is 4.88. The molecule has 1 fully saturated rings. The van der Waals surface area contributed by atoms with Gasteiger partial charge in [-0.25, -0.2) is 4.39 Å². The van der Waals surface area contributed by atoms with Crippen LogP contribution in [-0.4, -0.2) is 35.6 Å². The molecule has 4 nitrogen and oxygen atoms in total. The van der Waals surface area contributed by atoms with E-state index < -0.39 is 18.3 Å². The second kappa shape index (κ2) is 5.97. The Morgan fingerprint density at radius 1 is 1.71 bits per heavy atom. The van der Waals surface area contributed by atoms with E-state index in [1.54, 1.807) is 0 Å². The van der Waals surface area contributed by atoms with Gasteiger partial charge in [0.2, 0.25) is 5.91 Å². The molecule has 96 valence electrons. The van der Waals surface area contributed by atoms with Crippen LogP contribution in [0.5, 0.6) is 0 Å². The van der Waals surface area contributed by atoms with Gasteiger partial charge in [-0.2, -0.15) is 5.26 Å². The van der Waals surface area contributed by atoms with E-state index in [9.17, 15) is 9.18 Å². The molecule has 0 aromatic rings. The standard InChI is InChI=1S/C12H20FN3O/c1-3-4-8(2)11(15)12(17)16-7-9(13)5-10(16)6-14/h8-11H,3-5,7,15H2,1-2H3/t8-,9-,10-,11-/m0/s1. The first-order valence-corrected chi connectivity index (χ1v) is 6.11. The van der Waals surface area contributed by atoms with Crippen molar-refractivity contribution in [2.75, 3.05) is 6.54 Å². The number of amides is 1. The summed E-state index contributed by atoms with van der Waals surface area (Å²) in [7, 11) is 0. The molecule has 1 saturated heterocycles. The monoisotopic (exact) mass is 241 g/mol. The summed E-state index contributed by atoms with van der Waals surface area (Å²) in [5.41, 5.74) is 5.87. The van der Waals surface area contributed by atoms with Crippen LogP contribution in [0.3, 0.4) is 0 Å². The summed E-state index contributed by atoms with van der Waals surface area (Å²) in [5.74, 6) is -0.233. The van der Waals surface area contributed by atoms with Gasteiger partial charge in [0.25, 0.3) is 0 Å². The van der Waals surface area contributed by atoms with Gasteiger partial charge in [0.05, 0.1) is 18.7 Å². The third-order valence-electron chi connectivity index (χ3n) is 3.32. The molecule has 0 aromatic carbocycles. The number of nitrogens with zero attached hydrogens (tertiary/aromatic N) is 2. The van der Waals surface area contributed by atoms with Crippen LogP contribution in [0.1, 0.15) is 33.1 Å². The largest absolute Gasteiger partial charge is 0.322 e. The highest BCUT2D eigenvalue weighted by molar-refractivity contribution is 5.83. The smallest absolute Gasteiger partial charge is 0.240 e. The number of likely N-dealkylation sites (tertiary alicyclic amines) is 1. The zero-order valence-corrected chi connectivity index (χ0v) is 10.4. The van der Waals surface area contributed by atoms with Crippen molar-refractivity contribution in [2.24, 2.45) is 11.7 Å². The second-order valence-corrected chi connectivity index (χ2v) is 4.76. The zero-order valence-electron chi connectivity index (χ0n) is 10.4. The highest BCUT2D eigenvalue weighted by Crippen LogP contribution is 2.22. The highest BCUT2D eigenvalue weighted by atomic mass is 19.1. The van der Waals surface area contributed by atoms with Crippen LogP contribution in [0, 0.1) is 17.2 Å². The van der Waals surface area contributed by atoms with Crippen LogP contribution in [0.25, 0.3) is 0 Å². The Morgan fingerprint density at radius 2 is 2.35 bits per heavy atom. The van der Waals surface area contributed by atoms with Crippen molar-refractivity contribution in [1.82, 2.24) is 4.90 Å². The van der Waals surface area contributed by atoms with E-state index in [1.165, 1.54) is 4.90 Å². The number of hydrogen-bond acceptors (Lipinski definition) is 3. The molecule has 0 spiro atoms. The fourth-order valence-corrected chi connectivity index (χ4v) is 2.22. The zero-order chi connectivity index (χ0) is 13.0. The Labute approximate surface area is 102 Å². The topological polar surface area (TPSA) is 70.1 Å². The Hall–Kier alpha value is -1.15. The lowest BCUT2D eigenvalue weighted by molar-refractivity contribution is -0.133. The van der Waals surface area contributed by atoms with Crippen LogP contribution in [0.2, 0.25) is 0 Å². The number of carbonyl (C=O) groups excluding carboxylic acids is 1. The van der Waals surface area contributed by atoms with Crippen LogP contribution in [-0.2, 0) is 4.79 Å². The number of nitrogens with two attached hydrogens (primary N) is 1. The fourth-order valence-electron chi connectivity index (χ4n) is 2.22. The van der Waals surface area contributed by atoms with Crippen molar-refractivity contribution >= 4 is 5.91 Å². The molecule has 0 saturated carbocycles. The molecular weight excluding hydrogens is 221 g/mol. The third-order valence-corrected chi connectivity index (χ3v) is 3.32. The van der Waals surface area contributed by atoms with E-state index in [4.69, 9.17) is 11.0 Å². The molecule has 1 rings (SSSR count). The average Bonchev–Trinajstić information content (AvgIpc) is 2.68. The van der Waals surface area contributed by atoms with Crippen LogP contribution in [0.15, 0.2) is 0 Å². The number of carbonyl (C=O) groups is 1. The summed E-state index contributed by atoms with van der Waals surface area (Å²) >= 11 is 0. The van der Waals surface area contributed by atoms with Gasteiger partial charge in [-0.1, -0.05) is 20.3 Å². The number of alkyl halides is 1. The molecule has 4 atom stereocenters. The predicted octanol–water partition coefficient (Wildman–Crippen LogP) is 1.21. The van der Waals surface area contributed by atoms with E-state index in [0.717, 1.165) is 12.8 Å². The van der Waals surface area contributed by atoms with E-state index >= 15 is 0 Å². The molecule has 1 amide bonds. The minimum atomic E-state index is -1.10. The summed E-state index contributed by atoms with van der Waals surface area (Å²) in [6.07, 6.45) is 0.821. The number of hydrogen-bond donors (Lipinski definition) is 1. The molecule has 2 N–H and O–H groups in total. The van der Waals surface area contributed by atoms with Gasteiger partial charge in [-0.05, 0) is 12.3 Å². The third kappa shape index (κ3) is 3.16. The van der Waals surface area contributed by atoms with Gasteiger partial charge in [0.1, 0.15) is 12.2 Å². The number of nitriles is 1. The van der Waals surface area contributed by atoms with Crippen molar-refractivity contribution in [3.8, 4) is 6.07 Å². The molecule has 17 heavy (non-hydrogen) atoms. The lowest BCUT2D eigenvalue weighted by Crippen LogP contribution is -2.48. The molecule has 5 heteroatoms. The molecule has 0 aliphatic carbocycles. The molecule has 0 radical (unpaired) electrons. The summed E-state index contributed by atoms with van der Waals surface area (Å²) < 4.78 is 13.2. The Balaban J connectivity index is 2.66. The van der Waals surface area contributed by atoms with Crippen molar-refractivity contribution in [2.45, 2.75) is 51.4 Å². The summed E-state index contributed by atoms with van der Waals surface area (Å²) in [4.78, 5) is 13.4. The van der Waals surface area contributed by atoms with Gasteiger partial charge in [0, 0.05) is 6.42 Å². The van der Waals surface area contributed by atoms with E-state index in [-0.39, 0.29) is 24.8 Å². The predicted molar refractivity (Wildman–Crippen MR) is 62.7 cm³/mol. The Morgan fingerprint density at radius 3 is 2.88 bits per heavy atom. The van der Waals surface area contributed by atoms with Crippen LogP contribution < -0.4 is 5.73 Å². The van der Waals surface area contributed by atoms with Crippen molar-refractivity contribution in [3.63, 3.8) is 0 Å². The maximum Gasteiger partial charge on any atom is 0.240 e. The minimum absolute atomic E-state index is 0.00358.